The summed E-state index contributed by atoms with van der Waals surface area (Å²) in [5.41, 5.74) is 0. The number of nitrogens with one attached hydrogen (secondary N) is 2. The van der Waals surface area contributed by atoms with Crippen molar-refractivity contribution in [2.24, 2.45) is 0 Å². The molecular formula is C9H12BrClN4O2. The van der Waals surface area contributed by atoms with Crippen LogP contribution in [0.25, 0.3) is 0 Å². The highest BCUT2D eigenvalue weighted by Crippen LogP contribution is 2.19. The van der Waals surface area contributed by atoms with Crippen LogP contribution in [0.1, 0.15) is 0 Å². The van der Waals surface area contributed by atoms with E-state index in [1.165, 1.54) is 6.20 Å². The summed E-state index contributed by atoms with van der Waals surface area (Å²) in [6.45, 7) is 1.06. The maximum absolute atomic E-state index is 11.4. The molecule has 0 atom stereocenters. The Morgan fingerprint density at radius 2 is 2.41 bits per heavy atom. The van der Waals surface area contributed by atoms with Crippen LogP contribution in [-0.2, 0) is 9.53 Å². The number of anilines is 1. The number of carbonyl (C=O) groups excluding carboxylic acids is 1. The third-order valence-electron chi connectivity index (χ3n) is 1.76. The summed E-state index contributed by atoms with van der Waals surface area (Å²) in [4.78, 5) is 19.1. The Balaban J connectivity index is 2.39. The molecule has 1 aromatic rings. The first-order valence-corrected chi connectivity index (χ1v) is 5.98. The van der Waals surface area contributed by atoms with Gasteiger partial charge < -0.3 is 15.4 Å². The van der Waals surface area contributed by atoms with Crippen LogP contribution < -0.4 is 10.6 Å². The molecule has 0 aliphatic heterocycles. The summed E-state index contributed by atoms with van der Waals surface area (Å²) in [6.07, 6.45) is 1.51. The largest absolute Gasteiger partial charge is 0.383 e. The predicted molar refractivity (Wildman–Crippen MR) is 68.1 cm³/mol. The second-order valence-electron chi connectivity index (χ2n) is 3.03. The van der Waals surface area contributed by atoms with Gasteiger partial charge in [-0.25, -0.2) is 4.98 Å². The van der Waals surface area contributed by atoms with Crippen LogP contribution in [0.5, 0.6) is 0 Å². The van der Waals surface area contributed by atoms with Crippen LogP contribution in [-0.4, -0.2) is 42.7 Å². The molecule has 0 unspecified atom stereocenters. The standard InChI is InChI=1S/C9H12BrClN4O2/c1-17-3-2-12-7(16)5-13-8-6(10)4-14-9(11)15-8/h4H,2-3,5H2,1H3,(H,12,16)(H,13,14,15). The number of halogens is 2. The van der Waals surface area contributed by atoms with Gasteiger partial charge in [-0.05, 0) is 27.5 Å². The SMILES string of the molecule is COCCNC(=O)CNc1nc(Cl)ncc1Br. The van der Waals surface area contributed by atoms with Crippen molar-refractivity contribution >= 4 is 39.3 Å². The first-order chi connectivity index (χ1) is 8.13. The molecule has 0 radical (unpaired) electrons. The zero-order chi connectivity index (χ0) is 12.7. The smallest absolute Gasteiger partial charge is 0.239 e. The minimum atomic E-state index is -0.149. The third kappa shape index (κ3) is 5.29. The van der Waals surface area contributed by atoms with Gasteiger partial charge >= 0.3 is 0 Å². The lowest BCUT2D eigenvalue weighted by Crippen LogP contribution is -2.32. The number of amides is 1. The van der Waals surface area contributed by atoms with Gasteiger partial charge in [-0.2, -0.15) is 4.98 Å². The number of nitrogens with zero attached hydrogens (tertiary/aromatic N) is 2. The Kier molecular flexibility index (Phi) is 6.17. The number of carbonyl (C=O) groups is 1. The third-order valence-corrected chi connectivity index (χ3v) is 2.52. The molecule has 1 aromatic heterocycles. The van der Waals surface area contributed by atoms with Crippen LogP contribution in [0, 0.1) is 0 Å². The monoisotopic (exact) mass is 322 g/mol. The molecule has 0 aliphatic carbocycles. The number of hydrogen-bond acceptors (Lipinski definition) is 5. The zero-order valence-corrected chi connectivity index (χ0v) is 11.5. The number of hydrogen-bond donors (Lipinski definition) is 2. The van der Waals surface area contributed by atoms with E-state index in [1.54, 1.807) is 7.11 Å². The van der Waals surface area contributed by atoms with Crippen LogP contribution >= 0.6 is 27.5 Å². The lowest BCUT2D eigenvalue weighted by atomic mass is 10.5. The molecule has 1 heterocycles. The Morgan fingerprint density at radius 1 is 1.65 bits per heavy atom. The molecule has 2 N–H and O–H groups in total. The van der Waals surface area contributed by atoms with Gasteiger partial charge in [-0.3, -0.25) is 4.79 Å². The highest BCUT2D eigenvalue weighted by molar-refractivity contribution is 9.10. The van der Waals surface area contributed by atoms with Gasteiger partial charge in [0.15, 0.2) is 0 Å². The molecule has 0 fully saturated rings. The van der Waals surface area contributed by atoms with Gasteiger partial charge in [-0.1, -0.05) is 0 Å². The van der Waals surface area contributed by atoms with Crippen molar-refractivity contribution in [1.82, 2.24) is 15.3 Å². The number of methoxy groups -OCH3 is 1. The fourth-order valence-corrected chi connectivity index (χ4v) is 1.45. The predicted octanol–water partition coefficient (Wildman–Crippen LogP) is 1.07. The van der Waals surface area contributed by atoms with Crippen molar-refractivity contribution in [2.45, 2.75) is 0 Å². The Labute approximate surface area is 112 Å². The highest BCUT2D eigenvalue weighted by atomic mass is 79.9. The molecule has 0 saturated heterocycles. The molecule has 0 saturated carbocycles. The van der Waals surface area contributed by atoms with Crippen LogP contribution in [0.4, 0.5) is 5.82 Å². The molecule has 8 heteroatoms. The summed E-state index contributed by atoms with van der Waals surface area (Å²) >= 11 is 8.88. The van der Waals surface area contributed by atoms with Gasteiger partial charge in [0.2, 0.25) is 11.2 Å². The maximum Gasteiger partial charge on any atom is 0.239 e. The van der Waals surface area contributed by atoms with Gasteiger partial charge in [0.05, 0.1) is 17.6 Å². The second kappa shape index (κ2) is 7.41. The van der Waals surface area contributed by atoms with Crippen LogP contribution in [0.2, 0.25) is 5.28 Å². The average Bonchev–Trinajstić information content (AvgIpc) is 2.31. The molecular weight excluding hydrogens is 311 g/mol. The van der Waals surface area contributed by atoms with Crippen LogP contribution in [0.15, 0.2) is 10.7 Å². The van der Waals surface area contributed by atoms with Crippen molar-refractivity contribution in [2.75, 3.05) is 32.1 Å². The maximum atomic E-state index is 11.4. The van der Waals surface area contributed by atoms with E-state index in [2.05, 4.69) is 36.5 Å². The summed E-state index contributed by atoms with van der Waals surface area (Å²) in [7, 11) is 1.57. The topological polar surface area (TPSA) is 76.1 Å². The minimum Gasteiger partial charge on any atom is -0.383 e. The molecule has 0 spiro atoms. The van der Waals surface area contributed by atoms with Crippen molar-refractivity contribution in [3.63, 3.8) is 0 Å². The molecule has 0 aromatic carbocycles. The molecule has 6 nitrogen and oxygen atoms in total. The molecule has 1 amide bonds. The van der Waals surface area contributed by atoms with E-state index >= 15 is 0 Å². The second-order valence-corrected chi connectivity index (χ2v) is 4.22. The number of rotatable bonds is 6. The van der Waals surface area contributed by atoms with Gasteiger partial charge in [0.1, 0.15) is 5.82 Å². The summed E-state index contributed by atoms with van der Waals surface area (Å²) in [5.74, 6) is 0.329. The molecule has 94 valence electrons. The van der Waals surface area contributed by atoms with E-state index in [1.807, 2.05) is 0 Å². The molecule has 0 aliphatic rings. The Morgan fingerprint density at radius 3 is 3.12 bits per heavy atom. The summed E-state index contributed by atoms with van der Waals surface area (Å²) in [5, 5.41) is 5.64. The van der Waals surface area contributed by atoms with E-state index < -0.39 is 0 Å². The lowest BCUT2D eigenvalue weighted by molar-refractivity contribution is -0.119. The molecule has 1 rings (SSSR count). The van der Waals surface area contributed by atoms with E-state index in [0.717, 1.165) is 0 Å². The first-order valence-electron chi connectivity index (χ1n) is 4.81. The van der Waals surface area contributed by atoms with Gasteiger partial charge in [-0.15, -0.1) is 0 Å². The van der Waals surface area contributed by atoms with Gasteiger partial charge in [0, 0.05) is 19.9 Å². The van der Waals surface area contributed by atoms with Crippen molar-refractivity contribution < 1.29 is 9.53 Å². The Bertz CT molecular complexity index is 391. The number of aromatic nitrogens is 2. The lowest BCUT2D eigenvalue weighted by Gasteiger charge is -2.08. The normalized spacial score (nSPS) is 10.1. The quantitative estimate of drug-likeness (QED) is 0.605. The Hall–Kier alpha value is -0.920. The number of ether oxygens (including phenoxy) is 1. The van der Waals surface area contributed by atoms with Crippen molar-refractivity contribution in [1.29, 1.82) is 0 Å². The van der Waals surface area contributed by atoms with Crippen molar-refractivity contribution in [3.8, 4) is 0 Å². The van der Waals surface area contributed by atoms with Gasteiger partial charge in [0.25, 0.3) is 0 Å². The van der Waals surface area contributed by atoms with Crippen LogP contribution in [0.3, 0.4) is 0 Å². The summed E-state index contributed by atoms with van der Waals surface area (Å²) < 4.78 is 5.45. The van der Waals surface area contributed by atoms with E-state index in [4.69, 9.17) is 16.3 Å². The highest BCUT2D eigenvalue weighted by Gasteiger charge is 2.05. The molecule has 17 heavy (non-hydrogen) atoms. The minimum absolute atomic E-state index is 0.107. The van der Waals surface area contributed by atoms with E-state index in [0.29, 0.717) is 23.4 Å². The fourth-order valence-electron chi connectivity index (χ4n) is 0.989. The fraction of sp³-hybridized carbons (Fsp3) is 0.444. The van der Waals surface area contributed by atoms with E-state index in [9.17, 15) is 4.79 Å². The first kappa shape index (κ1) is 14.1. The zero-order valence-electron chi connectivity index (χ0n) is 9.17. The molecule has 0 bridgehead atoms. The van der Waals surface area contributed by atoms with E-state index in [-0.39, 0.29) is 17.7 Å². The summed E-state index contributed by atoms with van der Waals surface area (Å²) in [6, 6.07) is 0. The van der Waals surface area contributed by atoms with Crippen molar-refractivity contribution in [3.05, 3.63) is 16.0 Å². The average molecular weight is 324 g/mol.